The van der Waals surface area contributed by atoms with E-state index >= 15 is 0 Å². The van der Waals surface area contributed by atoms with Crippen LogP contribution in [0.4, 0.5) is 0 Å². The highest BCUT2D eigenvalue weighted by molar-refractivity contribution is 5.96. The van der Waals surface area contributed by atoms with Crippen LogP contribution in [-0.4, -0.2) is 32.8 Å². The first-order chi connectivity index (χ1) is 15.5. The molecule has 0 bridgehead atoms. The Hall–Kier alpha value is -4.19. The Morgan fingerprint density at radius 2 is 1.47 bits per heavy atom. The van der Waals surface area contributed by atoms with Crippen molar-refractivity contribution in [2.45, 2.75) is 19.4 Å². The molecule has 1 aromatic heterocycles. The third kappa shape index (κ3) is 4.44. The van der Waals surface area contributed by atoms with Crippen LogP contribution in [0.3, 0.4) is 0 Å². The first-order valence-corrected chi connectivity index (χ1v) is 10.3. The zero-order chi connectivity index (χ0) is 22.5. The first kappa shape index (κ1) is 21.1. The van der Waals surface area contributed by atoms with Crippen molar-refractivity contribution in [3.63, 3.8) is 0 Å². The van der Waals surface area contributed by atoms with E-state index in [1.54, 1.807) is 30.3 Å². The maximum absolute atomic E-state index is 12.6. The van der Waals surface area contributed by atoms with Crippen LogP contribution < -0.4 is 5.32 Å². The summed E-state index contributed by atoms with van der Waals surface area (Å²) >= 11 is 0. The monoisotopic (exact) mass is 425 g/mol. The molecule has 1 heterocycles. The lowest BCUT2D eigenvalue weighted by Crippen LogP contribution is -2.42. The van der Waals surface area contributed by atoms with Crippen LogP contribution in [0.2, 0.25) is 0 Å². The van der Waals surface area contributed by atoms with E-state index in [1.165, 1.54) is 0 Å². The van der Waals surface area contributed by atoms with E-state index < -0.39 is 17.9 Å². The van der Waals surface area contributed by atoms with E-state index in [4.69, 9.17) is 5.10 Å². The molecular formula is C26H23N3O3. The first-order valence-electron chi connectivity index (χ1n) is 10.3. The molecule has 4 rings (SSSR count). The standard InChI is InChI=1S/C26H23N3O3/c1-18-22(17-23(26(31)32)27-25(30)20-13-7-3-8-14-20)24(19-11-5-2-6-12-19)29(28-18)21-15-9-4-10-16-21/h2-16,23H,17H2,1H3,(H,27,30)(H,31,32). The van der Waals surface area contributed by atoms with E-state index in [0.29, 0.717) is 11.3 Å². The molecule has 0 radical (unpaired) electrons. The lowest BCUT2D eigenvalue weighted by Gasteiger charge is -2.16. The maximum atomic E-state index is 12.6. The molecule has 0 aliphatic heterocycles. The molecule has 0 aliphatic rings. The van der Waals surface area contributed by atoms with Gasteiger partial charge in [0.25, 0.3) is 5.91 Å². The molecule has 6 heteroatoms. The molecule has 160 valence electrons. The topological polar surface area (TPSA) is 84.2 Å². The molecule has 0 aliphatic carbocycles. The number of rotatable bonds is 7. The van der Waals surface area contributed by atoms with Gasteiger partial charge in [-0.3, -0.25) is 4.79 Å². The Morgan fingerprint density at radius 1 is 0.906 bits per heavy atom. The largest absolute Gasteiger partial charge is 0.480 e. The molecule has 4 aromatic rings. The van der Waals surface area contributed by atoms with E-state index in [0.717, 1.165) is 22.5 Å². The van der Waals surface area contributed by atoms with E-state index in [2.05, 4.69) is 5.32 Å². The number of aryl methyl sites for hydroxylation is 1. The fourth-order valence-corrected chi connectivity index (χ4v) is 3.69. The molecule has 2 N–H and O–H groups in total. The number of aliphatic carboxylic acids is 1. The van der Waals surface area contributed by atoms with Crippen LogP contribution in [-0.2, 0) is 11.2 Å². The summed E-state index contributed by atoms with van der Waals surface area (Å²) in [5, 5.41) is 17.2. The van der Waals surface area contributed by atoms with E-state index in [1.807, 2.05) is 72.3 Å². The quantitative estimate of drug-likeness (QED) is 0.463. The molecule has 0 spiro atoms. The number of hydrogen-bond donors (Lipinski definition) is 2. The average molecular weight is 425 g/mol. The third-order valence-electron chi connectivity index (χ3n) is 5.28. The summed E-state index contributed by atoms with van der Waals surface area (Å²) in [6, 6.07) is 26.9. The molecule has 1 atom stereocenters. The Kier molecular flexibility index (Phi) is 6.12. The predicted molar refractivity (Wildman–Crippen MR) is 123 cm³/mol. The number of aromatic nitrogens is 2. The molecule has 0 fully saturated rings. The highest BCUT2D eigenvalue weighted by atomic mass is 16.4. The zero-order valence-electron chi connectivity index (χ0n) is 17.6. The van der Waals surface area contributed by atoms with Crippen LogP contribution in [0.1, 0.15) is 21.6 Å². The Balaban J connectivity index is 1.74. The highest BCUT2D eigenvalue weighted by Gasteiger charge is 2.26. The van der Waals surface area contributed by atoms with Gasteiger partial charge in [0.15, 0.2) is 0 Å². The predicted octanol–water partition coefficient (Wildman–Crippen LogP) is 4.27. The summed E-state index contributed by atoms with van der Waals surface area (Å²) in [5.41, 5.74) is 4.52. The molecule has 3 aromatic carbocycles. The number of nitrogens with one attached hydrogen (secondary N) is 1. The number of carboxylic acids is 1. The van der Waals surface area contributed by atoms with Gasteiger partial charge < -0.3 is 10.4 Å². The maximum Gasteiger partial charge on any atom is 0.326 e. The fourth-order valence-electron chi connectivity index (χ4n) is 3.69. The Morgan fingerprint density at radius 3 is 2.06 bits per heavy atom. The number of nitrogens with zero attached hydrogens (tertiary/aromatic N) is 2. The second-order valence-corrected chi connectivity index (χ2v) is 7.46. The SMILES string of the molecule is Cc1nn(-c2ccccc2)c(-c2ccccc2)c1CC(NC(=O)c1ccccc1)C(=O)O. The van der Waals surface area contributed by atoms with Gasteiger partial charge in [-0.25, -0.2) is 9.48 Å². The second-order valence-electron chi connectivity index (χ2n) is 7.46. The van der Waals surface area contributed by atoms with Crippen LogP contribution >= 0.6 is 0 Å². The highest BCUT2D eigenvalue weighted by Crippen LogP contribution is 2.30. The summed E-state index contributed by atoms with van der Waals surface area (Å²) in [6.45, 7) is 1.86. The average Bonchev–Trinajstić information content (AvgIpc) is 3.16. The van der Waals surface area contributed by atoms with Crippen molar-refractivity contribution in [2.24, 2.45) is 0 Å². The van der Waals surface area contributed by atoms with Gasteiger partial charge in [-0.1, -0.05) is 66.7 Å². The van der Waals surface area contributed by atoms with Crippen molar-refractivity contribution in [3.8, 4) is 16.9 Å². The number of para-hydroxylation sites is 1. The molecule has 1 unspecified atom stereocenters. The van der Waals surface area contributed by atoms with Gasteiger partial charge in [-0.15, -0.1) is 0 Å². The van der Waals surface area contributed by atoms with Crippen molar-refractivity contribution in [3.05, 3.63) is 108 Å². The Bertz CT molecular complexity index is 1220. The normalized spacial score (nSPS) is 11.7. The molecule has 1 amide bonds. The summed E-state index contributed by atoms with van der Waals surface area (Å²) in [4.78, 5) is 24.7. The van der Waals surface area contributed by atoms with Crippen LogP contribution in [0.25, 0.3) is 16.9 Å². The molecule has 0 saturated heterocycles. The lowest BCUT2D eigenvalue weighted by molar-refractivity contribution is -0.139. The number of carboxylic acid groups (broad SMARTS) is 1. The Labute approximate surface area is 186 Å². The third-order valence-corrected chi connectivity index (χ3v) is 5.28. The van der Waals surface area contributed by atoms with Gasteiger partial charge in [-0.05, 0) is 31.2 Å². The van der Waals surface area contributed by atoms with E-state index in [9.17, 15) is 14.7 Å². The minimum atomic E-state index is -1.10. The number of hydrogen-bond acceptors (Lipinski definition) is 3. The van der Waals surface area contributed by atoms with E-state index in [-0.39, 0.29) is 6.42 Å². The minimum Gasteiger partial charge on any atom is -0.480 e. The van der Waals surface area contributed by atoms with Gasteiger partial charge in [-0.2, -0.15) is 5.10 Å². The van der Waals surface area contributed by atoms with Crippen molar-refractivity contribution < 1.29 is 14.7 Å². The molecule has 0 saturated carbocycles. The minimum absolute atomic E-state index is 0.108. The van der Waals surface area contributed by atoms with Gasteiger partial charge in [0.1, 0.15) is 6.04 Å². The van der Waals surface area contributed by atoms with Gasteiger partial charge >= 0.3 is 5.97 Å². The van der Waals surface area contributed by atoms with Crippen LogP contribution in [0.5, 0.6) is 0 Å². The van der Waals surface area contributed by atoms with Crippen LogP contribution in [0.15, 0.2) is 91.0 Å². The number of carbonyl (C=O) groups is 2. The van der Waals surface area contributed by atoms with Crippen molar-refractivity contribution in [2.75, 3.05) is 0 Å². The van der Waals surface area contributed by atoms with Crippen molar-refractivity contribution in [1.82, 2.24) is 15.1 Å². The number of benzene rings is 3. The van der Waals surface area contributed by atoms with Crippen molar-refractivity contribution in [1.29, 1.82) is 0 Å². The second kappa shape index (κ2) is 9.31. The summed E-state index contributed by atoms with van der Waals surface area (Å²) in [6.07, 6.45) is 0.108. The van der Waals surface area contributed by atoms with Gasteiger partial charge in [0, 0.05) is 23.1 Å². The van der Waals surface area contributed by atoms with Crippen LogP contribution in [0, 0.1) is 6.92 Å². The summed E-state index contributed by atoms with van der Waals surface area (Å²) in [7, 11) is 0. The molecule has 32 heavy (non-hydrogen) atoms. The lowest BCUT2D eigenvalue weighted by atomic mass is 9.99. The summed E-state index contributed by atoms with van der Waals surface area (Å²) in [5.74, 6) is -1.52. The van der Waals surface area contributed by atoms with Gasteiger partial charge in [0.2, 0.25) is 0 Å². The zero-order valence-corrected chi connectivity index (χ0v) is 17.6. The number of amides is 1. The fraction of sp³-hybridized carbons (Fsp3) is 0.115. The number of carbonyl (C=O) groups excluding carboxylic acids is 1. The smallest absolute Gasteiger partial charge is 0.326 e. The summed E-state index contributed by atoms with van der Waals surface area (Å²) < 4.78 is 1.83. The van der Waals surface area contributed by atoms with Gasteiger partial charge in [0.05, 0.1) is 17.1 Å². The molecule has 6 nitrogen and oxygen atoms in total. The van der Waals surface area contributed by atoms with Crippen molar-refractivity contribution >= 4 is 11.9 Å². The molecular weight excluding hydrogens is 402 g/mol.